The first-order valence-corrected chi connectivity index (χ1v) is 8.43. The number of piperazine rings is 1. The number of carbonyl (C=O) groups excluding carboxylic acids is 1. The number of amides is 1. The molecule has 24 heavy (non-hydrogen) atoms. The van der Waals surface area contributed by atoms with Crippen molar-refractivity contribution in [1.82, 2.24) is 19.6 Å². The molecule has 6 heteroatoms. The maximum absolute atomic E-state index is 12.6. The Labute approximate surface area is 141 Å². The van der Waals surface area contributed by atoms with Crippen molar-refractivity contribution in [2.45, 2.75) is 13.8 Å². The van der Waals surface area contributed by atoms with Crippen LogP contribution < -0.4 is 5.56 Å². The van der Waals surface area contributed by atoms with Gasteiger partial charge in [-0.25, -0.2) is 4.68 Å². The van der Waals surface area contributed by atoms with Gasteiger partial charge in [0.25, 0.3) is 11.5 Å². The smallest absolute Gasteiger partial charge is 0.272 e. The molecule has 1 fully saturated rings. The van der Waals surface area contributed by atoms with Crippen LogP contribution in [0.4, 0.5) is 0 Å². The molecule has 2 aromatic rings. The van der Waals surface area contributed by atoms with Crippen LogP contribution in [0.5, 0.6) is 0 Å². The summed E-state index contributed by atoms with van der Waals surface area (Å²) < 4.78 is 1.41. The molecule has 1 N–H and O–H groups in total. The van der Waals surface area contributed by atoms with Crippen LogP contribution in [0, 0.1) is 5.92 Å². The Hall–Kier alpha value is -2.34. The average molecular weight is 328 g/mol. The van der Waals surface area contributed by atoms with E-state index < -0.39 is 0 Å². The second-order valence-electron chi connectivity index (χ2n) is 6.67. The molecule has 2 heterocycles. The van der Waals surface area contributed by atoms with Gasteiger partial charge in [0.05, 0.1) is 5.69 Å². The number of para-hydroxylation sites is 1. The van der Waals surface area contributed by atoms with E-state index in [1.54, 1.807) is 0 Å². The topological polar surface area (TPSA) is 61.3 Å². The highest BCUT2D eigenvalue weighted by Crippen LogP contribution is 2.09. The minimum absolute atomic E-state index is 0.106. The summed E-state index contributed by atoms with van der Waals surface area (Å²) >= 11 is 0. The Kier molecular flexibility index (Phi) is 4.85. The van der Waals surface area contributed by atoms with Gasteiger partial charge in [0.2, 0.25) is 0 Å². The van der Waals surface area contributed by atoms with E-state index in [-0.39, 0.29) is 11.5 Å². The van der Waals surface area contributed by atoms with E-state index in [0.717, 1.165) is 25.3 Å². The molecule has 0 atom stereocenters. The van der Waals surface area contributed by atoms with Gasteiger partial charge in [-0.05, 0) is 18.1 Å². The third-order valence-electron chi connectivity index (χ3n) is 4.25. The van der Waals surface area contributed by atoms with Crippen molar-refractivity contribution in [3.05, 3.63) is 52.4 Å². The van der Waals surface area contributed by atoms with Crippen molar-refractivity contribution in [2.75, 3.05) is 32.7 Å². The summed E-state index contributed by atoms with van der Waals surface area (Å²) in [6.07, 6.45) is 0. The zero-order chi connectivity index (χ0) is 17.1. The zero-order valence-electron chi connectivity index (χ0n) is 14.2. The van der Waals surface area contributed by atoms with Crippen LogP contribution in [-0.4, -0.2) is 58.2 Å². The van der Waals surface area contributed by atoms with Crippen LogP contribution in [0.2, 0.25) is 0 Å². The van der Waals surface area contributed by atoms with E-state index in [0.29, 0.717) is 24.7 Å². The van der Waals surface area contributed by atoms with Gasteiger partial charge in [-0.15, -0.1) is 0 Å². The summed E-state index contributed by atoms with van der Waals surface area (Å²) in [5.41, 5.74) is 0.854. The molecule has 6 nitrogen and oxygen atoms in total. The predicted molar refractivity (Wildman–Crippen MR) is 93.6 cm³/mol. The van der Waals surface area contributed by atoms with E-state index in [1.807, 2.05) is 35.2 Å². The highest BCUT2D eigenvalue weighted by molar-refractivity contribution is 5.92. The van der Waals surface area contributed by atoms with Crippen LogP contribution in [0.25, 0.3) is 5.69 Å². The van der Waals surface area contributed by atoms with Gasteiger partial charge in [0.15, 0.2) is 0 Å². The van der Waals surface area contributed by atoms with E-state index in [1.165, 1.54) is 10.7 Å². The Balaban J connectivity index is 1.70. The van der Waals surface area contributed by atoms with Crippen molar-refractivity contribution in [2.24, 2.45) is 5.92 Å². The van der Waals surface area contributed by atoms with E-state index in [4.69, 9.17) is 0 Å². The van der Waals surface area contributed by atoms with Gasteiger partial charge in [-0.1, -0.05) is 32.0 Å². The van der Waals surface area contributed by atoms with Gasteiger partial charge < -0.3 is 4.90 Å². The number of nitrogens with zero attached hydrogens (tertiary/aromatic N) is 3. The van der Waals surface area contributed by atoms with Crippen LogP contribution in [0.1, 0.15) is 24.3 Å². The summed E-state index contributed by atoms with van der Waals surface area (Å²) in [5.74, 6) is 0.523. The van der Waals surface area contributed by atoms with E-state index in [9.17, 15) is 9.59 Å². The number of aromatic nitrogens is 2. The molecule has 128 valence electrons. The van der Waals surface area contributed by atoms with Crippen molar-refractivity contribution in [1.29, 1.82) is 0 Å². The molecule has 0 saturated carbocycles. The fraction of sp³-hybridized carbons (Fsp3) is 0.444. The lowest BCUT2D eigenvalue weighted by atomic mass is 10.2. The first kappa shape index (κ1) is 16.5. The number of hydrogen-bond donors (Lipinski definition) is 1. The molecule has 0 radical (unpaired) electrons. The molecule has 1 amide bonds. The standard InChI is InChI=1S/C18H24N4O2/c1-14(2)13-20-8-10-21(11-9-20)18(24)16-12-17(23)22(19-16)15-6-4-3-5-7-15/h3-7,12,14,19H,8-11,13H2,1-2H3. The molecule has 0 spiro atoms. The third kappa shape index (κ3) is 3.59. The second kappa shape index (κ2) is 7.05. The van der Waals surface area contributed by atoms with Crippen LogP contribution in [0.15, 0.2) is 41.2 Å². The number of hydrogen-bond acceptors (Lipinski definition) is 3. The Morgan fingerprint density at radius 1 is 1.12 bits per heavy atom. The Morgan fingerprint density at radius 2 is 1.79 bits per heavy atom. The van der Waals surface area contributed by atoms with Gasteiger partial charge in [0.1, 0.15) is 5.69 Å². The van der Waals surface area contributed by atoms with Crippen LogP contribution in [0.3, 0.4) is 0 Å². The van der Waals surface area contributed by atoms with Gasteiger partial charge in [-0.2, -0.15) is 0 Å². The Morgan fingerprint density at radius 3 is 2.42 bits per heavy atom. The predicted octanol–water partition coefficient (Wildman–Crippen LogP) is 1.58. The number of rotatable bonds is 4. The van der Waals surface area contributed by atoms with Crippen LogP contribution >= 0.6 is 0 Å². The van der Waals surface area contributed by atoms with Gasteiger partial charge in [-0.3, -0.25) is 19.6 Å². The lowest BCUT2D eigenvalue weighted by Gasteiger charge is -2.35. The van der Waals surface area contributed by atoms with Crippen molar-refractivity contribution >= 4 is 5.91 Å². The van der Waals surface area contributed by atoms with E-state index in [2.05, 4.69) is 23.8 Å². The number of H-pyrrole nitrogens is 1. The molecule has 0 unspecified atom stereocenters. The molecule has 3 rings (SSSR count). The maximum Gasteiger partial charge on any atom is 0.272 e. The van der Waals surface area contributed by atoms with Gasteiger partial charge in [0, 0.05) is 38.8 Å². The third-order valence-corrected chi connectivity index (χ3v) is 4.25. The van der Waals surface area contributed by atoms with Crippen molar-refractivity contribution in [3.8, 4) is 5.69 Å². The lowest BCUT2D eigenvalue weighted by Crippen LogP contribution is -2.49. The fourth-order valence-electron chi connectivity index (χ4n) is 3.09. The molecule has 1 aromatic carbocycles. The summed E-state index contributed by atoms with van der Waals surface area (Å²) in [7, 11) is 0. The largest absolute Gasteiger partial charge is 0.335 e. The molecular formula is C18H24N4O2. The van der Waals surface area contributed by atoms with Crippen LogP contribution in [-0.2, 0) is 0 Å². The molecule has 1 aliphatic rings. The number of carbonyl (C=O) groups is 1. The summed E-state index contributed by atoms with van der Waals surface area (Å²) in [6.45, 7) is 8.63. The minimum Gasteiger partial charge on any atom is -0.335 e. The lowest BCUT2D eigenvalue weighted by molar-refractivity contribution is 0.0617. The number of aromatic amines is 1. The molecule has 0 aliphatic carbocycles. The first-order chi connectivity index (χ1) is 11.5. The fourth-order valence-corrected chi connectivity index (χ4v) is 3.09. The molecule has 0 bridgehead atoms. The normalized spacial score (nSPS) is 15.9. The quantitative estimate of drug-likeness (QED) is 0.927. The number of benzene rings is 1. The highest BCUT2D eigenvalue weighted by atomic mass is 16.2. The van der Waals surface area contributed by atoms with Crippen molar-refractivity contribution in [3.63, 3.8) is 0 Å². The zero-order valence-corrected chi connectivity index (χ0v) is 14.2. The highest BCUT2D eigenvalue weighted by Gasteiger charge is 2.24. The molecule has 1 aliphatic heterocycles. The van der Waals surface area contributed by atoms with Gasteiger partial charge >= 0.3 is 0 Å². The molecular weight excluding hydrogens is 304 g/mol. The molecule has 1 saturated heterocycles. The first-order valence-electron chi connectivity index (χ1n) is 8.43. The average Bonchev–Trinajstić information content (AvgIpc) is 2.97. The summed E-state index contributed by atoms with van der Waals surface area (Å²) in [5, 5.41) is 2.94. The number of nitrogens with one attached hydrogen (secondary N) is 1. The SMILES string of the molecule is CC(C)CN1CCN(C(=O)c2cc(=O)n(-c3ccccc3)[nH]2)CC1. The molecule has 1 aromatic heterocycles. The summed E-state index contributed by atoms with van der Waals surface area (Å²) in [6, 6.07) is 10.7. The minimum atomic E-state index is -0.219. The van der Waals surface area contributed by atoms with E-state index >= 15 is 0 Å². The summed E-state index contributed by atoms with van der Waals surface area (Å²) in [4.78, 5) is 29.0. The monoisotopic (exact) mass is 328 g/mol. The Bertz CT molecular complexity index is 740. The second-order valence-corrected chi connectivity index (χ2v) is 6.67. The van der Waals surface area contributed by atoms with Crippen molar-refractivity contribution < 1.29 is 4.79 Å². The maximum atomic E-state index is 12.6.